The smallest absolute Gasteiger partial charge is 0.122 e. The topological polar surface area (TPSA) is 53.7 Å². The zero-order valence-electron chi connectivity index (χ0n) is 10.5. The molecule has 2 N–H and O–H groups in total. The Bertz CT molecular complexity index is 317. The third-order valence-corrected chi connectivity index (χ3v) is 2.33. The van der Waals surface area contributed by atoms with Crippen LogP contribution in [0.1, 0.15) is 13.3 Å². The lowest BCUT2D eigenvalue weighted by molar-refractivity contribution is 0.0631. The third kappa shape index (κ3) is 5.56. The highest BCUT2D eigenvalue weighted by Gasteiger charge is 1.99. The maximum atomic E-state index is 5.57. The maximum Gasteiger partial charge on any atom is 0.122 e. The van der Waals surface area contributed by atoms with Crippen LogP contribution in [0.5, 0.6) is 11.5 Å². The molecule has 1 unspecified atom stereocenters. The molecule has 1 aromatic rings. The van der Waals surface area contributed by atoms with Gasteiger partial charge in [-0.25, -0.2) is 0 Å². The maximum absolute atomic E-state index is 5.57. The molecule has 0 amide bonds. The summed E-state index contributed by atoms with van der Waals surface area (Å²) in [4.78, 5) is 0. The fourth-order valence-electron chi connectivity index (χ4n) is 1.29. The lowest BCUT2D eigenvalue weighted by Gasteiger charge is -2.11. The second-order valence-corrected chi connectivity index (χ2v) is 3.80. The van der Waals surface area contributed by atoms with Crippen molar-refractivity contribution in [3.63, 3.8) is 0 Å². The van der Waals surface area contributed by atoms with Crippen molar-refractivity contribution in [3.8, 4) is 11.5 Å². The molecule has 0 radical (unpaired) electrons. The van der Waals surface area contributed by atoms with Crippen molar-refractivity contribution in [1.82, 2.24) is 0 Å². The first-order valence-electron chi connectivity index (χ1n) is 5.84. The zero-order chi connectivity index (χ0) is 12.5. The van der Waals surface area contributed by atoms with Crippen LogP contribution in [0.3, 0.4) is 0 Å². The van der Waals surface area contributed by atoms with Gasteiger partial charge >= 0.3 is 0 Å². The standard InChI is InChI=1S/C13H21NO3/c1-11(10-14)16-7-4-8-17-13-6-3-5-12(9-13)15-2/h3,5-6,9,11H,4,7-8,10,14H2,1-2H3. The molecule has 0 aliphatic rings. The minimum atomic E-state index is 0.117. The highest BCUT2D eigenvalue weighted by molar-refractivity contribution is 5.32. The predicted molar refractivity (Wildman–Crippen MR) is 67.6 cm³/mol. The van der Waals surface area contributed by atoms with E-state index in [1.54, 1.807) is 7.11 Å². The minimum Gasteiger partial charge on any atom is -0.497 e. The van der Waals surface area contributed by atoms with Crippen LogP contribution in [0, 0.1) is 0 Å². The fraction of sp³-hybridized carbons (Fsp3) is 0.538. The van der Waals surface area contributed by atoms with Crippen LogP contribution in [0.4, 0.5) is 0 Å². The van der Waals surface area contributed by atoms with E-state index in [2.05, 4.69) is 0 Å². The Labute approximate surface area is 103 Å². The van der Waals surface area contributed by atoms with E-state index in [4.69, 9.17) is 19.9 Å². The van der Waals surface area contributed by atoms with Gasteiger partial charge in [-0.1, -0.05) is 6.07 Å². The average Bonchev–Trinajstić information content (AvgIpc) is 2.38. The average molecular weight is 239 g/mol. The van der Waals surface area contributed by atoms with Gasteiger partial charge in [0.25, 0.3) is 0 Å². The van der Waals surface area contributed by atoms with Crippen LogP contribution in [0.2, 0.25) is 0 Å². The Morgan fingerprint density at radius 1 is 1.24 bits per heavy atom. The lowest BCUT2D eigenvalue weighted by Crippen LogP contribution is -2.21. The third-order valence-electron chi connectivity index (χ3n) is 2.33. The molecule has 0 saturated carbocycles. The summed E-state index contributed by atoms with van der Waals surface area (Å²) in [5, 5.41) is 0. The van der Waals surface area contributed by atoms with E-state index in [0.29, 0.717) is 19.8 Å². The number of rotatable bonds is 8. The van der Waals surface area contributed by atoms with Crippen molar-refractivity contribution in [2.75, 3.05) is 26.9 Å². The molecule has 0 aromatic heterocycles. The highest BCUT2D eigenvalue weighted by atomic mass is 16.5. The first-order valence-corrected chi connectivity index (χ1v) is 5.84. The molecule has 1 atom stereocenters. The molecule has 96 valence electrons. The molecule has 0 aliphatic heterocycles. The van der Waals surface area contributed by atoms with Crippen LogP contribution in [0.15, 0.2) is 24.3 Å². The Balaban J connectivity index is 2.17. The summed E-state index contributed by atoms with van der Waals surface area (Å²) in [5.74, 6) is 1.62. The summed E-state index contributed by atoms with van der Waals surface area (Å²) in [7, 11) is 1.64. The van der Waals surface area contributed by atoms with Crippen molar-refractivity contribution in [1.29, 1.82) is 0 Å². The van der Waals surface area contributed by atoms with Crippen molar-refractivity contribution in [2.45, 2.75) is 19.4 Å². The monoisotopic (exact) mass is 239 g/mol. The molecule has 0 fully saturated rings. The van der Waals surface area contributed by atoms with E-state index < -0.39 is 0 Å². The quantitative estimate of drug-likeness (QED) is 0.703. The van der Waals surface area contributed by atoms with Gasteiger partial charge in [0.15, 0.2) is 0 Å². The van der Waals surface area contributed by atoms with E-state index in [9.17, 15) is 0 Å². The Hall–Kier alpha value is -1.26. The summed E-state index contributed by atoms with van der Waals surface area (Å²) in [6, 6.07) is 7.56. The van der Waals surface area contributed by atoms with Gasteiger partial charge in [0, 0.05) is 19.0 Å². The van der Waals surface area contributed by atoms with Crippen LogP contribution >= 0.6 is 0 Å². The van der Waals surface area contributed by atoms with E-state index in [-0.39, 0.29) is 6.10 Å². The molecule has 1 rings (SSSR count). The van der Waals surface area contributed by atoms with E-state index in [1.807, 2.05) is 31.2 Å². The number of hydrogen-bond acceptors (Lipinski definition) is 4. The second-order valence-electron chi connectivity index (χ2n) is 3.80. The van der Waals surface area contributed by atoms with Crippen molar-refractivity contribution in [3.05, 3.63) is 24.3 Å². The molecule has 0 aliphatic carbocycles. The van der Waals surface area contributed by atoms with Gasteiger partial charge in [-0.2, -0.15) is 0 Å². The van der Waals surface area contributed by atoms with Crippen LogP contribution < -0.4 is 15.2 Å². The van der Waals surface area contributed by atoms with Gasteiger partial charge in [0.2, 0.25) is 0 Å². The van der Waals surface area contributed by atoms with Crippen LogP contribution in [-0.2, 0) is 4.74 Å². The molecule has 1 aromatic carbocycles. The molecule has 0 spiro atoms. The van der Waals surface area contributed by atoms with E-state index >= 15 is 0 Å². The SMILES string of the molecule is COc1cccc(OCCCOC(C)CN)c1. The molecule has 4 heteroatoms. The molecular weight excluding hydrogens is 218 g/mol. The Morgan fingerprint density at radius 2 is 2.00 bits per heavy atom. The largest absolute Gasteiger partial charge is 0.497 e. The normalized spacial score (nSPS) is 12.2. The summed E-state index contributed by atoms with van der Waals surface area (Å²) in [5.41, 5.74) is 5.44. The van der Waals surface area contributed by atoms with Gasteiger partial charge in [-0.05, 0) is 19.1 Å². The molecule has 0 saturated heterocycles. The van der Waals surface area contributed by atoms with E-state index in [0.717, 1.165) is 17.9 Å². The highest BCUT2D eigenvalue weighted by Crippen LogP contribution is 2.18. The summed E-state index contributed by atoms with van der Waals surface area (Å²) >= 11 is 0. The summed E-state index contributed by atoms with van der Waals surface area (Å²) < 4.78 is 16.1. The Kier molecular flexibility index (Phi) is 6.43. The summed E-state index contributed by atoms with van der Waals surface area (Å²) in [6.07, 6.45) is 0.966. The van der Waals surface area contributed by atoms with E-state index in [1.165, 1.54) is 0 Å². The number of hydrogen-bond donors (Lipinski definition) is 1. The predicted octanol–water partition coefficient (Wildman–Crippen LogP) is 1.83. The second kappa shape index (κ2) is 7.92. The van der Waals surface area contributed by atoms with Gasteiger partial charge in [0.05, 0.1) is 26.4 Å². The number of nitrogens with two attached hydrogens (primary N) is 1. The number of methoxy groups -OCH3 is 1. The zero-order valence-corrected chi connectivity index (χ0v) is 10.5. The molecule has 17 heavy (non-hydrogen) atoms. The molecule has 0 bridgehead atoms. The van der Waals surface area contributed by atoms with Gasteiger partial charge in [-0.3, -0.25) is 0 Å². The van der Waals surface area contributed by atoms with Gasteiger partial charge in [0.1, 0.15) is 11.5 Å². The minimum absolute atomic E-state index is 0.117. The molecular formula is C13H21NO3. The molecule has 0 heterocycles. The van der Waals surface area contributed by atoms with Gasteiger partial charge in [-0.15, -0.1) is 0 Å². The molecule has 4 nitrogen and oxygen atoms in total. The van der Waals surface area contributed by atoms with Crippen molar-refractivity contribution in [2.24, 2.45) is 5.73 Å². The first-order chi connectivity index (χ1) is 8.26. The summed E-state index contributed by atoms with van der Waals surface area (Å²) in [6.45, 7) is 3.81. The van der Waals surface area contributed by atoms with Crippen LogP contribution in [0.25, 0.3) is 0 Å². The lowest BCUT2D eigenvalue weighted by atomic mass is 10.3. The number of benzene rings is 1. The first kappa shape index (κ1) is 13.8. The van der Waals surface area contributed by atoms with Crippen molar-refractivity contribution < 1.29 is 14.2 Å². The Morgan fingerprint density at radius 3 is 2.71 bits per heavy atom. The fourth-order valence-corrected chi connectivity index (χ4v) is 1.29. The number of ether oxygens (including phenoxy) is 3. The van der Waals surface area contributed by atoms with Crippen molar-refractivity contribution >= 4 is 0 Å². The van der Waals surface area contributed by atoms with Crippen LogP contribution in [-0.4, -0.2) is 33.0 Å². The van der Waals surface area contributed by atoms with Gasteiger partial charge < -0.3 is 19.9 Å².